The number of piperazine rings is 1. The number of nitrogens with two attached hydrogens (primary N) is 1. The number of hydrogen-bond donors (Lipinski definition) is 2. The molecule has 5 heterocycles. The second kappa shape index (κ2) is 9.28. The summed E-state index contributed by atoms with van der Waals surface area (Å²) in [5.41, 5.74) is 7.20. The molecular formula is C29H31F2N7O. The summed E-state index contributed by atoms with van der Waals surface area (Å²) in [6.45, 7) is 3.08. The van der Waals surface area contributed by atoms with Crippen LogP contribution in [0.3, 0.4) is 0 Å². The number of alkyl halides is 1. The summed E-state index contributed by atoms with van der Waals surface area (Å²) in [5.74, 6) is 0.0917. The quantitative estimate of drug-likeness (QED) is 0.480. The van der Waals surface area contributed by atoms with Gasteiger partial charge in [-0.2, -0.15) is 15.2 Å². The number of nitrogens with zero attached hydrogens (tertiary/aromatic N) is 5. The van der Waals surface area contributed by atoms with Gasteiger partial charge in [-0.3, -0.25) is 4.90 Å². The molecular weight excluding hydrogens is 500 g/mol. The van der Waals surface area contributed by atoms with Crippen molar-refractivity contribution in [1.29, 1.82) is 5.26 Å². The van der Waals surface area contributed by atoms with E-state index in [0.29, 0.717) is 53.1 Å². The number of nitrogen functional groups attached to an aromatic ring is 1. The monoisotopic (exact) mass is 531 g/mol. The lowest BCUT2D eigenvalue weighted by molar-refractivity contribution is 0.107. The van der Waals surface area contributed by atoms with Gasteiger partial charge in [0.25, 0.3) is 0 Å². The summed E-state index contributed by atoms with van der Waals surface area (Å²) in [6.07, 6.45) is 3.62. The number of aromatic nitrogens is 2. The molecule has 4 aliphatic rings. The molecule has 4 saturated heterocycles. The predicted molar refractivity (Wildman–Crippen MR) is 145 cm³/mol. The van der Waals surface area contributed by atoms with Gasteiger partial charge >= 0.3 is 6.01 Å². The number of rotatable bonds is 5. The summed E-state index contributed by atoms with van der Waals surface area (Å²) in [4.78, 5) is 13.8. The maximum atomic E-state index is 16.3. The smallest absolute Gasteiger partial charge is 0.319 e. The van der Waals surface area contributed by atoms with E-state index < -0.39 is 12.0 Å². The normalized spacial score (nSPS) is 28.1. The van der Waals surface area contributed by atoms with Crippen molar-refractivity contribution in [3.63, 3.8) is 0 Å². The molecule has 39 heavy (non-hydrogen) atoms. The number of ether oxygens (including phenoxy) is 1. The van der Waals surface area contributed by atoms with E-state index in [1.165, 1.54) is 0 Å². The van der Waals surface area contributed by atoms with Crippen molar-refractivity contribution < 1.29 is 13.5 Å². The molecule has 2 bridgehead atoms. The lowest BCUT2D eigenvalue weighted by Gasteiger charge is -2.34. The Morgan fingerprint density at radius 3 is 2.74 bits per heavy atom. The van der Waals surface area contributed by atoms with Crippen LogP contribution in [-0.2, 0) is 0 Å². The number of fused-ring (bicyclic) bond motifs is 4. The van der Waals surface area contributed by atoms with Gasteiger partial charge in [-0.1, -0.05) is 6.07 Å². The molecule has 202 valence electrons. The van der Waals surface area contributed by atoms with Crippen LogP contribution in [-0.4, -0.2) is 71.4 Å². The van der Waals surface area contributed by atoms with Gasteiger partial charge in [0.05, 0.1) is 17.2 Å². The summed E-state index contributed by atoms with van der Waals surface area (Å²) >= 11 is 0. The van der Waals surface area contributed by atoms with Crippen molar-refractivity contribution in [2.45, 2.75) is 55.9 Å². The van der Waals surface area contributed by atoms with Crippen molar-refractivity contribution >= 4 is 22.4 Å². The average Bonchev–Trinajstić information content (AvgIpc) is 3.58. The van der Waals surface area contributed by atoms with E-state index in [1.807, 2.05) is 6.07 Å². The molecule has 3 aromatic rings. The molecule has 4 aliphatic heterocycles. The van der Waals surface area contributed by atoms with Crippen molar-refractivity contribution in [1.82, 2.24) is 20.2 Å². The molecule has 1 aromatic heterocycles. The summed E-state index contributed by atoms with van der Waals surface area (Å²) in [7, 11) is 0. The molecule has 4 atom stereocenters. The predicted octanol–water partition coefficient (Wildman–Crippen LogP) is 3.79. The number of nitriles is 1. The van der Waals surface area contributed by atoms with Crippen LogP contribution in [0.2, 0.25) is 0 Å². The highest BCUT2D eigenvalue weighted by atomic mass is 19.1. The first-order valence-electron chi connectivity index (χ1n) is 13.8. The third-order valence-electron chi connectivity index (χ3n) is 8.97. The second-order valence-electron chi connectivity index (χ2n) is 11.5. The molecule has 10 heteroatoms. The first-order chi connectivity index (χ1) is 18.9. The highest BCUT2D eigenvalue weighted by Gasteiger charge is 2.49. The van der Waals surface area contributed by atoms with E-state index in [2.05, 4.69) is 26.2 Å². The first kappa shape index (κ1) is 24.5. The van der Waals surface area contributed by atoms with Crippen molar-refractivity contribution in [2.24, 2.45) is 0 Å². The third-order valence-corrected chi connectivity index (χ3v) is 8.97. The molecule has 3 N–H and O–H groups in total. The van der Waals surface area contributed by atoms with E-state index in [4.69, 9.17) is 15.5 Å². The van der Waals surface area contributed by atoms with Crippen LogP contribution in [0.5, 0.6) is 6.01 Å². The van der Waals surface area contributed by atoms with E-state index >= 15 is 4.39 Å². The van der Waals surface area contributed by atoms with Gasteiger partial charge < -0.3 is 20.7 Å². The van der Waals surface area contributed by atoms with Crippen LogP contribution in [0.25, 0.3) is 22.0 Å². The Kier molecular flexibility index (Phi) is 5.83. The van der Waals surface area contributed by atoms with Gasteiger partial charge in [0.15, 0.2) is 5.82 Å². The summed E-state index contributed by atoms with van der Waals surface area (Å²) in [6, 6.07) is 11.3. The zero-order valence-corrected chi connectivity index (χ0v) is 21.7. The van der Waals surface area contributed by atoms with Crippen LogP contribution in [0.4, 0.5) is 20.3 Å². The molecule has 8 nitrogen and oxygen atoms in total. The average molecular weight is 532 g/mol. The van der Waals surface area contributed by atoms with Gasteiger partial charge in [-0.05, 0) is 56.5 Å². The number of anilines is 2. The van der Waals surface area contributed by atoms with Crippen molar-refractivity contribution in [3.05, 3.63) is 41.7 Å². The van der Waals surface area contributed by atoms with Gasteiger partial charge in [-0.15, -0.1) is 0 Å². The Morgan fingerprint density at radius 1 is 1.13 bits per heavy atom. The fourth-order valence-electron chi connectivity index (χ4n) is 7.14. The molecule has 0 aliphatic carbocycles. The number of hydrogen-bond acceptors (Lipinski definition) is 8. The molecule has 0 amide bonds. The van der Waals surface area contributed by atoms with Gasteiger partial charge in [0.1, 0.15) is 24.1 Å². The minimum absolute atomic E-state index is 0.0936. The Bertz CT molecular complexity index is 1480. The van der Waals surface area contributed by atoms with Crippen LogP contribution in [0, 0.1) is 17.1 Å². The zero-order chi connectivity index (χ0) is 26.7. The molecule has 2 aromatic carbocycles. The Hall–Kier alpha value is -3.55. The van der Waals surface area contributed by atoms with Gasteiger partial charge in [0.2, 0.25) is 0 Å². The fraction of sp³-hybridized carbons (Fsp3) is 0.483. The largest absolute Gasteiger partial charge is 0.461 e. The first-order valence-corrected chi connectivity index (χ1v) is 13.8. The van der Waals surface area contributed by atoms with Gasteiger partial charge in [-0.25, -0.2) is 8.78 Å². The minimum atomic E-state index is -0.869. The molecule has 0 radical (unpaired) electrons. The topological polar surface area (TPSA) is 103 Å². The Balaban J connectivity index is 1.32. The van der Waals surface area contributed by atoms with Crippen molar-refractivity contribution in [2.75, 3.05) is 43.4 Å². The lowest BCUT2D eigenvalue weighted by Crippen LogP contribution is -2.51. The zero-order valence-electron chi connectivity index (χ0n) is 21.7. The van der Waals surface area contributed by atoms with Crippen LogP contribution in [0.1, 0.15) is 37.7 Å². The minimum Gasteiger partial charge on any atom is -0.461 e. The number of nitrogens with one attached hydrogen (secondary N) is 1. The number of halogens is 2. The van der Waals surface area contributed by atoms with Gasteiger partial charge in [0, 0.05) is 60.3 Å². The van der Waals surface area contributed by atoms with E-state index in [-0.39, 0.29) is 29.2 Å². The Morgan fingerprint density at radius 2 is 1.95 bits per heavy atom. The highest BCUT2D eigenvalue weighted by molar-refractivity contribution is 5.94. The lowest BCUT2D eigenvalue weighted by atomic mass is 9.95. The molecule has 7 rings (SSSR count). The Labute approximate surface area is 225 Å². The van der Waals surface area contributed by atoms with E-state index in [1.54, 1.807) is 24.3 Å². The van der Waals surface area contributed by atoms with E-state index in [9.17, 15) is 9.65 Å². The van der Waals surface area contributed by atoms with Crippen LogP contribution >= 0.6 is 0 Å². The maximum absolute atomic E-state index is 16.3. The molecule has 0 unspecified atom stereocenters. The standard InChI is InChI=1S/C29H31F2N7O/c30-18-11-29(8-1-9-38(29)13-18)16-39-28-35-26-23(27(36-28)37-14-20-4-5-21(15-37)34-20)7-6-22(25(26)31)24-10-19(33)3-2-17(24)12-32/h2-3,6-7,10,18,20-21,34H,1,4-5,8-9,11,13-16,33H2/t18-,20-,21+,29+/m1/s1. The number of benzene rings is 2. The SMILES string of the molecule is N#Cc1ccc(N)cc1-c1ccc2c(N3C[C@H]4CC[C@@H](C3)N4)nc(OC[C@@]34CCCN3C[C@H](F)C4)nc2c1F. The highest BCUT2D eigenvalue weighted by Crippen LogP contribution is 2.41. The van der Waals surface area contributed by atoms with Crippen LogP contribution in [0.15, 0.2) is 30.3 Å². The molecule has 0 saturated carbocycles. The second-order valence-corrected chi connectivity index (χ2v) is 11.5. The summed E-state index contributed by atoms with van der Waals surface area (Å²) in [5, 5.41) is 13.9. The molecule has 4 fully saturated rings. The van der Waals surface area contributed by atoms with Crippen LogP contribution < -0.4 is 20.7 Å². The van der Waals surface area contributed by atoms with Crippen molar-refractivity contribution in [3.8, 4) is 23.2 Å². The summed E-state index contributed by atoms with van der Waals surface area (Å²) < 4.78 is 36.9. The molecule has 0 spiro atoms. The fourth-order valence-corrected chi connectivity index (χ4v) is 7.14. The third kappa shape index (κ3) is 4.15. The maximum Gasteiger partial charge on any atom is 0.319 e. The van der Waals surface area contributed by atoms with E-state index in [0.717, 1.165) is 45.3 Å².